The van der Waals surface area contributed by atoms with Gasteiger partial charge in [0, 0.05) is 43.6 Å². The number of ether oxygens (including phenoxy) is 1. The highest BCUT2D eigenvalue weighted by atomic mass is 16.6. The summed E-state index contributed by atoms with van der Waals surface area (Å²) in [6, 6.07) is 6.94. The van der Waals surface area contributed by atoms with E-state index in [4.69, 9.17) is 4.74 Å². The second-order valence-corrected chi connectivity index (χ2v) is 6.10. The first-order valence-electron chi connectivity index (χ1n) is 8.59. The molecule has 1 N–H and O–H groups in total. The van der Waals surface area contributed by atoms with Gasteiger partial charge >= 0.3 is 11.8 Å². The number of hydrogen-bond acceptors (Lipinski definition) is 4. The van der Waals surface area contributed by atoms with Gasteiger partial charge in [-0.15, -0.1) is 0 Å². The Morgan fingerprint density at radius 1 is 1.08 bits per heavy atom. The second kappa shape index (κ2) is 7.47. The molecule has 0 spiro atoms. The number of carbonyl (C=O) groups excluding carboxylic acids is 2. The first-order valence-corrected chi connectivity index (χ1v) is 8.59. The van der Waals surface area contributed by atoms with E-state index in [-0.39, 0.29) is 17.7 Å². The molecule has 0 saturated carbocycles. The van der Waals surface area contributed by atoms with Gasteiger partial charge in [0.1, 0.15) is 0 Å². The van der Waals surface area contributed by atoms with Crippen LogP contribution in [-0.4, -0.2) is 64.1 Å². The molecule has 3 rings (SSSR count). The van der Waals surface area contributed by atoms with E-state index in [0.717, 1.165) is 5.69 Å². The van der Waals surface area contributed by atoms with Crippen molar-refractivity contribution in [2.75, 3.05) is 32.8 Å². The fraction of sp³-hybridized carbons (Fsp3) is 0.389. The summed E-state index contributed by atoms with van der Waals surface area (Å²) < 4.78 is 6.53. The van der Waals surface area contributed by atoms with Gasteiger partial charge in [-0.1, -0.05) is 0 Å². The summed E-state index contributed by atoms with van der Waals surface area (Å²) in [5, 5.41) is 0. The molecular formula is C18H22N4O4. The number of amides is 2. The molecule has 2 aromatic rings. The van der Waals surface area contributed by atoms with Crippen LogP contribution < -0.4 is 5.69 Å². The molecule has 2 amide bonds. The lowest BCUT2D eigenvalue weighted by molar-refractivity contribution is 0.0570. The van der Waals surface area contributed by atoms with Crippen molar-refractivity contribution in [1.29, 1.82) is 0 Å². The minimum absolute atomic E-state index is 0.0850. The predicted octanol–water partition coefficient (Wildman–Crippen LogP) is 1.39. The smallest absolute Gasteiger partial charge is 0.409 e. The molecule has 1 aromatic heterocycles. The maximum absolute atomic E-state index is 12.7. The van der Waals surface area contributed by atoms with Crippen molar-refractivity contribution in [2.24, 2.45) is 0 Å². The number of imidazole rings is 1. The zero-order valence-electron chi connectivity index (χ0n) is 14.9. The Labute approximate surface area is 151 Å². The molecule has 0 bridgehead atoms. The largest absolute Gasteiger partial charge is 0.450 e. The van der Waals surface area contributed by atoms with E-state index in [1.807, 2.05) is 6.92 Å². The maximum Gasteiger partial charge on any atom is 0.409 e. The fourth-order valence-electron chi connectivity index (χ4n) is 3.02. The number of hydrogen-bond donors (Lipinski definition) is 1. The Morgan fingerprint density at radius 2 is 1.69 bits per heavy atom. The molecule has 1 aromatic carbocycles. The van der Waals surface area contributed by atoms with E-state index in [2.05, 4.69) is 4.98 Å². The number of H-pyrrole nitrogens is 1. The average Bonchev–Trinajstić information content (AvgIpc) is 3.00. The summed E-state index contributed by atoms with van der Waals surface area (Å²) in [5.74, 6) is -0.0850. The molecule has 2 heterocycles. The molecule has 0 aliphatic carbocycles. The van der Waals surface area contributed by atoms with E-state index in [1.165, 1.54) is 0 Å². The van der Waals surface area contributed by atoms with Crippen molar-refractivity contribution >= 4 is 12.0 Å². The normalized spacial score (nSPS) is 14.4. The van der Waals surface area contributed by atoms with Crippen LogP contribution in [0.2, 0.25) is 0 Å². The Bertz CT molecular complexity index is 845. The van der Waals surface area contributed by atoms with Crippen LogP contribution in [0.5, 0.6) is 0 Å². The zero-order valence-corrected chi connectivity index (χ0v) is 14.9. The third kappa shape index (κ3) is 3.49. The Hall–Kier alpha value is -3.03. The molecule has 8 nitrogen and oxygen atoms in total. The minimum Gasteiger partial charge on any atom is -0.450 e. The number of aromatic nitrogens is 2. The fourth-order valence-corrected chi connectivity index (χ4v) is 3.02. The van der Waals surface area contributed by atoms with Crippen LogP contribution in [0.1, 0.15) is 23.0 Å². The third-order valence-corrected chi connectivity index (χ3v) is 4.43. The van der Waals surface area contributed by atoms with Crippen LogP contribution in [0, 0.1) is 6.92 Å². The van der Waals surface area contributed by atoms with Crippen molar-refractivity contribution in [3.63, 3.8) is 0 Å². The lowest BCUT2D eigenvalue weighted by atomic mass is 10.1. The first kappa shape index (κ1) is 17.8. The number of aromatic amines is 1. The number of rotatable bonds is 3. The Morgan fingerprint density at radius 3 is 2.23 bits per heavy atom. The van der Waals surface area contributed by atoms with Gasteiger partial charge in [0.25, 0.3) is 5.91 Å². The maximum atomic E-state index is 12.7. The van der Waals surface area contributed by atoms with Crippen LogP contribution in [-0.2, 0) is 4.74 Å². The van der Waals surface area contributed by atoms with E-state index in [9.17, 15) is 14.4 Å². The molecule has 0 atom stereocenters. The predicted molar refractivity (Wildman–Crippen MR) is 95.6 cm³/mol. The molecule has 26 heavy (non-hydrogen) atoms. The lowest BCUT2D eigenvalue weighted by Gasteiger charge is -2.34. The van der Waals surface area contributed by atoms with Gasteiger partial charge in [-0.25, -0.2) is 9.59 Å². The van der Waals surface area contributed by atoms with Crippen molar-refractivity contribution < 1.29 is 14.3 Å². The quantitative estimate of drug-likeness (QED) is 0.898. The summed E-state index contributed by atoms with van der Waals surface area (Å²) in [4.78, 5) is 42.2. The van der Waals surface area contributed by atoms with Gasteiger partial charge < -0.3 is 19.5 Å². The average molecular weight is 358 g/mol. The van der Waals surface area contributed by atoms with Crippen LogP contribution in [0.4, 0.5) is 4.79 Å². The summed E-state index contributed by atoms with van der Waals surface area (Å²) in [6.45, 7) is 5.80. The van der Waals surface area contributed by atoms with Crippen LogP contribution in [0.15, 0.2) is 35.3 Å². The van der Waals surface area contributed by atoms with Crippen LogP contribution in [0.3, 0.4) is 0 Å². The Balaban J connectivity index is 1.66. The molecule has 0 radical (unpaired) electrons. The number of benzene rings is 1. The number of aryl methyl sites for hydroxylation is 1. The monoisotopic (exact) mass is 358 g/mol. The Kier molecular flexibility index (Phi) is 5.11. The SMILES string of the molecule is CCOC(=O)N1CCN(C(=O)c2ccc(-n3c(C)c[nH]c3=O)cc2)CC1. The topological polar surface area (TPSA) is 87.6 Å². The number of nitrogens with zero attached hydrogens (tertiary/aromatic N) is 3. The van der Waals surface area contributed by atoms with Crippen molar-refractivity contribution in [3.05, 3.63) is 52.2 Å². The zero-order chi connectivity index (χ0) is 18.7. The molecule has 0 unspecified atom stereocenters. The molecule has 1 saturated heterocycles. The molecular weight excluding hydrogens is 336 g/mol. The van der Waals surface area contributed by atoms with E-state index < -0.39 is 0 Å². The molecule has 138 valence electrons. The molecule has 1 aliphatic heterocycles. The number of carbonyl (C=O) groups is 2. The van der Waals surface area contributed by atoms with Crippen molar-refractivity contribution in [1.82, 2.24) is 19.4 Å². The third-order valence-electron chi connectivity index (χ3n) is 4.43. The minimum atomic E-state index is -0.337. The second-order valence-electron chi connectivity index (χ2n) is 6.10. The highest BCUT2D eigenvalue weighted by molar-refractivity contribution is 5.94. The van der Waals surface area contributed by atoms with Crippen LogP contribution >= 0.6 is 0 Å². The molecule has 1 fully saturated rings. The lowest BCUT2D eigenvalue weighted by Crippen LogP contribution is -2.50. The van der Waals surface area contributed by atoms with Crippen molar-refractivity contribution in [3.8, 4) is 5.69 Å². The first-order chi connectivity index (χ1) is 12.5. The standard InChI is InChI=1S/C18H22N4O4/c1-3-26-18(25)21-10-8-20(9-11-21)16(23)14-4-6-15(7-5-14)22-13(2)12-19-17(22)24/h4-7,12H,3,8-11H2,1-2H3,(H,19,24). The number of nitrogens with one attached hydrogen (secondary N) is 1. The van der Waals surface area contributed by atoms with Gasteiger partial charge in [0.05, 0.1) is 12.3 Å². The van der Waals surface area contributed by atoms with Gasteiger partial charge in [0.15, 0.2) is 0 Å². The van der Waals surface area contributed by atoms with Gasteiger partial charge in [-0.3, -0.25) is 9.36 Å². The molecule has 8 heteroatoms. The van der Waals surface area contributed by atoms with E-state index in [0.29, 0.717) is 44.0 Å². The summed E-state index contributed by atoms with van der Waals surface area (Å²) in [6.07, 6.45) is 1.31. The van der Waals surface area contributed by atoms with E-state index in [1.54, 1.807) is 51.8 Å². The molecule has 1 aliphatic rings. The van der Waals surface area contributed by atoms with Gasteiger partial charge in [-0.05, 0) is 38.1 Å². The highest BCUT2D eigenvalue weighted by Crippen LogP contribution is 2.13. The van der Waals surface area contributed by atoms with E-state index >= 15 is 0 Å². The summed E-state index contributed by atoms with van der Waals surface area (Å²) in [5.41, 5.74) is 1.85. The summed E-state index contributed by atoms with van der Waals surface area (Å²) >= 11 is 0. The van der Waals surface area contributed by atoms with Crippen LogP contribution in [0.25, 0.3) is 5.69 Å². The number of piperazine rings is 1. The van der Waals surface area contributed by atoms with Crippen molar-refractivity contribution in [2.45, 2.75) is 13.8 Å². The summed E-state index contributed by atoms with van der Waals surface area (Å²) in [7, 11) is 0. The van der Waals surface area contributed by atoms with Gasteiger partial charge in [-0.2, -0.15) is 0 Å². The highest BCUT2D eigenvalue weighted by Gasteiger charge is 2.25. The van der Waals surface area contributed by atoms with Gasteiger partial charge in [0.2, 0.25) is 0 Å².